The molecule has 2 aromatic rings. The Labute approximate surface area is 182 Å². The van der Waals surface area contributed by atoms with E-state index in [-0.39, 0.29) is 24.3 Å². The highest BCUT2D eigenvalue weighted by Crippen LogP contribution is 2.36. The second-order valence-corrected chi connectivity index (χ2v) is 9.25. The van der Waals surface area contributed by atoms with Gasteiger partial charge in [0.05, 0.1) is 18.9 Å². The summed E-state index contributed by atoms with van der Waals surface area (Å²) in [4.78, 5) is 19.6. The van der Waals surface area contributed by atoms with E-state index in [1.54, 1.807) is 0 Å². The molecule has 0 saturated carbocycles. The lowest BCUT2D eigenvalue weighted by Gasteiger charge is -2.40. The lowest BCUT2D eigenvalue weighted by Crippen LogP contribution is -2.51. The van der Waals surface area contributed by atoms with Gasteiger partial charge in [-0.3, -0.25) is 18.6 Å². The molecule has 2 saturated heterocycles. The zero-order valence-electron chi connectivity index (χ0n) is 18.4. The molecule has 1 amide bonds. The van der Waals surface area contributed by atoms with Crippen molar-refractivity contribution < 1.29 is 13.6 Å². The fourth-order valence-electron chi connectivity index (χ4n) is 5.15. The zero-order valence-corrected chi connectivity index (χ0v) is 18.4. The average Bonchev–Trinajstić information content (AvgIpc) is 3.23. The van der Waals surface area contributed by atoms with Crippen LogP contribution in [0.4, 0.5) is 14.5 Å². The van der Waals surface area contributed by atoms with E-state index < -0.39 is 18.8 Å². The van der Waals surface area contributed by atoms with Gasteiger partial charge >= 0.3 is 0 Å². The van der Waals surface area contributed by atoms with Gasteiger partial charge in [-0.25, -0.2) is 0 Å². The largest absolute Gasteiger partial charge is 0.369 e. The first kappa shape index (κ1) is 21.9. The number of fused-ring (bicyclic) bond motifs is 1. The zero-order chi connectivity index (χ0) is 22.0. The molecule has 0 bridgehead atoms. The van der Waals surface area contributed by atoms with Gasteiger partial charge in [-0.05, 0) is 62.4 Å². The van der Waals surface area contributed by atoms with E-state index in [1.807, 2.05) is 12.3 Å². The number of benzene rings is 1. The van der Waals surface area contributed by atoms with Gasteiger partial charge in [0.25, 0.3) is 0 Å². The Balaban J connectivity index is 1.43. The second-order valence-electron chi connectivity index (χ2n) is 9.25. The summed E-state index contributed by atoms with van der Waals surface area (Å²) in [6.45, 7) is 5.27. The number of carbonyl (C=O) groups excluding carboxylic acids is 1. The third-order valence-electron chi connectivity index (χ3n) is 7.15. The molecule has 0 radical (unpaired) electrons. The Bertz CT molecular complexity index is 947. The lowest BCUT2D eigenvalue weighted by atomic mass is 9.71. The number of hydrogen-bond donors (Lipinski definition) is 2. The van der Waals surface area contributed by atoms with Crippen LogP contribution in [0.5, 0.6) is 0 Å². The quantitative estimate of drug-likeness (QED) is 0.737. The molecule has 7 heteroatoms. The molecule has 31 heavy (non-hydrogen) atoms. The van der Waals surface area contributed by atoms with Crippen LogP contribution in [0.1, 0.15) is 30.4 Å². The van der Waals surface area contributed by atoms with E-state index in [9.17, 15) is 13.6 Å². The minimum absolute atomic E-state index is 0.0349. The van der Waals surface area contributed by atoms with Crippen molar-refractivity contribution in [3.05, 3.63) is 35.5 Å². The predicted octanol–water partition coefficient (Wildman–Crippen LogP) is 3.47. The maximum Gasteiger partial charge on any atom is 0.220 e. The molecular weight excluding hydrogens is 398 g/mol. The van der Waals surface area contributed by atoms with Gasteiger partial charge in [-0.1, -0.05) is 6.07 Å². The van der Waals surface area contributed by atoms with Crippen molar-refractivity contribution in [3.63, 3.8) is 0 Å². The Kier molecular flexibility index (Phi) is 6.42. The van der Waals surface area contributed by atoms with Crippen LogP contribution in [0.15, 0.2) is 24.4 Å². The number of halogens is 2. The Morgan fingerprint density at radius 3 is 2.81 bits per heavy atom. The highest BCUT2D eigenvalue weighted by molar-refractivity contribution is 5.96. The Hall–Kier alpha value is -2.28. The molecule has 0 spiro atoms. The van der Waals surface area contributed by atoms with Crippen molar-refractivity contribution in [1.82, 2.24) is 15.6 Å². The molecule has 1 aromatic heterocycles. The maximum atomic E-state index is 13.6. The van der Waals surface area contributed by atoms with Crippen molar-refractivity contribution in [2.24, 2.45) is 11.3 Å². The standard InChI is InChI=1S/C24H32F2N4O/c1-16-5-9-28-23-17(2)3-4-20(22(16)23)30-10-7-19(12-30)29-21(31)11-18-6-8-27-15-24(18,13-25)14-26/h3-5,9,18-19,27H,6-8,10-15H2,1-2H3,(H,29,31)/t18-,19?/m1/s1. The fourth-order valence-corrected chi connectivity index (χ4v) is 5.15. The first-order valence-corrected chi connectivity index (χ1v) is 11.2. The van der Waals surface area contributed by atoms with Crippen molar-refractivity contribution >= 4 is 22.5 Å². The third kappa shape index (κ3) is 4.25. The normalized spacial score (nSPS) is 23.3. The smallest absolute Gasteiger partial charge is 0.220 e. The topological polar surface area (TPSA) is 57.3 Å². The van der Waals surface area contributed by atoms with Crippen molar-refractivity contribution in [2.75, 3.05) is 44.4 Å². The van der Waals surface area contributed by atoms with Gasteiger partial charge < -0.3 is 15.5 Å². The van der Waals surface area contributed by atoms with E-state index in [0.717, 1.165) is 36.3 Å². The number of aryl methyl sites for hydroxylation is 2. The highest BCUT2D eigenvalue weighted by atomic mass is 19.1. The molecule has 2 atom stereocenters. The number of carbonyl (C=O) groups is 1. The number of pyridine rings is 1. The molecule has 1 unspecified atom stereocenters. The van der Waals surface area contributed by atoms with Crippen LogP contribution < -0.4 is 15.5 Å². The van der Waals surface area contributed by atoms with Crippen LogP contribution in [0.3, 0.4) is 0 Å². The van der Waals surface area contributed by atoms with Gasteiger partial charge in [-0.2, -0.15) is 0 Å². The molecule has 3 heterocycles. The molecule has 2 aliphatic rings. The number of nitrogens with zero attached hydrogens (tertiary/aromatic N) is 2. The number of aromatic nitrogens is 1. The summed E-state index contributed by atoms with van der Waals surface area (Å²) in [6.07, 6.45) is 3.50. The van der Waals surface area contributed by atoms with E-state index >= 15 is 0 Å². The van der Waals surface area contributed by atoms with E-state index in [4.69, 9.17) is 0 Å². The number of piperidine rings is 1. The molecule has 168 valence electrons. The van der Waals surface area contributed by atoms with Crippen LogP contribution in [-0.2, 0) is 4.79 Å². The minimum Gasteiger partial charge on any atom is -0.369 e. The van der Waals surface area contributed by atoms with Crippen LogP contribution in [-0.4, -0.2) is 56.5 Å². The number of nitrogens with one attached hydrogen (secondary N) is 2. The summed E-state index contributed by atoms with van der Waals surface area (Å²) in [5, 5.41) is 7.37. The first-order chi connectivity index (χ1) is 15.0. The summed E-state index contributed by atoms with van der Waals surface area (Å²) in [6, 6.07) is 6.30. The van der Waals surface area contributed by atoms with E-state index in [2.05, 4.69) is 46.5 Å². The number of amides is 1. The number of anilines is 1. The van der Waals surface area contributed by atoms with Crippen molar-refractivity contribution in [2.45, 2.75) is 39.2 Å². The maximum absolute atomic E-state index is 13.6. The van der Waals surface area contributed by atoms with Gasteiger partial charge in [0.1, 0.15) is 0 Å². The van der Waals surface area contributed by atoms with E-state index in [1.165, 1.54) is 10.9 Å². The molecule has 2 fully saturated rings. The Morgan fingerprint density at radius 1 is 1.23 bits per heavy atom. The fraction of sp³-hybridized carbons (Fsp3) is 0.583. The molecule has 5 nitrogen and oxygen atoms in total. The lowest BCUT2D eigenvalue weighted by molar-refractivity contribution is -0.124. The molecule has 1 aromatic carbocycles. The third-order valence-corrected chi connectivity index (χ3v) is 7.15. The van der Waals surface area contributed by atoms with Crippen LogP contribution in [0, 0.1) is 25.2 Å². The number of hydrogen-bond acceptors (Lipinski definition) is 4. The first-order valence-electron chi connectivity index (χ1n) is 11.2. The van der Waals surface area contributed by atoms with Crippen LogP contribution in [0.25, 0.3) is 10.9 Å². The second kappa shape index (κ2) is 9.07. The van der Waals surface area contributed by atoms with Crippen molar-refractivity contribution in [3.8, 4) is 0 Å². The van der Waals surface area contributed by atoms with Crippen LogP contribution in [0.2, 0.25) is 0 Å². The molecule has 2 N–H and O–H groups in total. The number of rotatable bonds is 6. The monoisotopic (exact) mass is 430 g/mol. The predicted molar refractivity (Wildman–Crippen MR) is 120 cm³/mol. The molecular formula is C24H32F2N4O. The molecule has 4 rings (SSSR count). The van der Waals surface area contributed by atoms with Crippen molar-refractivity contribution in [1.29, 1.82) is 0 Å². The summed E-state index contributed by atoms with van der Waals surface area (Å²) in [7, 11) is 0. The summed E-state index contributed by atoms with van der Waals surface area (Å²) in [5.41, 5.74) is 3.44. The molecule has 0 aliphatic carbocycles. The minimum atomic E-state index is -1.07. The average molecular weight is 431 g/mol. The molecule has 2 aliphatic heterocycles. The Morgan fingerprint density at radius 2 is 2.03 bits per heavy atom. The van der Waals surface area contributed by atoms with Gasteiger partial charge in [0, 0.05) is 54.8 Å². The number of alkyl halides is 2. The van der Waals surface area contributed by atoms with E-state index in [0.29, 0.717) is 19.5 Å². The highest BCUT2D eigenvalue weighted by Gasteiger charge is 2.42. The van der Waals surface area contributed by atoms with Gasteiger partial charge in [0.2, 0.25) is 5.91 Å². The van der Waals surface area contributed by atoms with Gasteiger partial charge in [-0.15, -0.1) is 0 Å². The SMILES string of the molecule is Cc1ccc(N2CCC(NC(=O)C[C@H]3CCNCC3(CF)CF)C2)c2c(C)ccnc12. The summed E-state index contributed by atoms with van der Waals surface area (Å²) >= 11 is 0. The summed E-state index contributed by atoms with van der Waals surface area (Å²) < 4.78 is 27.3. The van der Waals surface area contributed by atoms with Crippen LogP contribution >= 0.6 is 0 Å². The summed E-state index contributed by atoms with van der Waals surface area (Å²) in [5.74, 6) is -0.368. The van der Waals surface area contributed by atoms with Gasteiger partial charge in [0.15, 0.2) is 0 Å².